The van der Waals surface area contributed by atoms with E-state index in [1.54, 1.807) is 0 Å². The minimum absolute atomic E-state index is 0.0110. The smallest absolute Gasteiger partial charge is 0.319 e. The van der Waals surface area contributed by atoms with Gasteiger partial charge in [-0.15, -0.1) is 0 Å². The first-order valence-electron chi connectivity index (χ1n) is 5.51. The van der Waals surface area contributed by atoms with Crippen LogP contribution in [0.2, 0.25) is 0 Å². The van der Waals surface area contributed by atoms with E-state index >= 15 is 0 Å². The predicted octanol–water partition coefficient (Wildman–Crippen LogP) is 1.58. The molecule has 0 amide bonds. The molecule has 0 saturated heterocycles. The van der Waals surface area contributed by atoms with E-state index in [1.807, 2.05) is 37.3 Å². The SMILES string of the molecule is CC(CNCCSS(=O)(=O)O)Oc1ccccc1. The first-order valence-corrected chi connectivity index (χ1v) is 8.46. The minimum Gasteiger partial charge on any atom is -0.489 e. The molecule has 0 aliphatic carbocycles. The van der Waals surface area contributed by atoms with Gasteiger partial charge in [0.25, 0.3) is 0 Å². The van der Waals surface area contributed by atoms with Crippen LogP contribution < -0.4 is 10.1 Å². The van der Waals surface area contributed by atoms with Gasteiger partial charge in [-0.1, -0.05) is 18.2 Å². The lowest BCUT2D eigenvalue weighted by Gasteiger charge is -2.15. The number of hydrogen-bond acceptors (Lipinski definition) is 5. The lowest BCUT2D eigenvalue weighted by atomic mass is 10.3. The highest BCUT2D eigenvalue weighted by atomic mass is 33.1. The molecule has 0 radical (unpaired) electrons. The molecule has 0 aliphatic heterocycles. The number of rotatable bonds is 8. The van der Waals surface area contributed by atoms with Crippen molar-refractivity contribution in [1.82, 2.24) is 5.32 Å². The second-order valence-corrected chi connectivity index (χ2v) is 7.17. The van der Waals surface area contributed by atoms with Gasteiger partial charge in [0, 0.05) is 18.8 Å². The third-order valence-corrected chi connectivity index (χ3v) is 4.09. The molecule has 18 heavy (non-hydrogen) atoms. The van der Waals surface area contributed by atoms with Crippen LogP contribution in [0.3, 0.4) is 0 Å². The third-order valence-electron chi connectivity index (χ3n) is 2.02. The maximum Gasteiger partial charge on any atom is 0.319 e. The molecule has 102 valence electrons. The Labute approximate surface area is 111 Å². The van der Waals surface area contributed by atoms with E-state index in [4.69, 9.17) is 9.29 Å². The summed E-state index contributed by atoms with van der Waals surface area (Å²) in [4.78, 5) is 0. The minimum atomic E-state index is -3.93. The zero-order chi connectivity index (χ0) is 13.4. The Balaban J connectivity index is 2.12. The lowest BCUT2D eigenvalue weighted by Crippen LogP contribution is -2.30. The monoisotopic (exact) mass is 291 g/mol. The van der Waals surface area contributed by atoms with Crippen molar-refractivity contribution in [2.45, 2.75) is 13.0 Å². The van der Waals surface area contributed by atoms with Crippen LogP contribution in [0.25, 0.3) is 0 Å². The summed E-state index contributed by atoms with van der Waals surface area (Å²) in [6, 6.07) is 9.48. The van der Waals surface area contributed by atoms with E-state index < -0.39 is 9.15 Å². The van der Waals surface area contributed by atoms with Gasteiger partial charge in [-0.05, 0) is 29.9 Å². The van der Waals surface area contributed by atoms with Crippen molar-refractivity contribution in [1.29, 1.82) is 0 Å². The van der Waals surface area contributed by atoms with Crippen LogP contribution in [0.1, 0.15) is 6.92 Å². The van der Waals surface area contributed by atoms with E-state index in [9.17, 15) is 8.42 Å². The Kier molecular flexibility index (Phi) is 6.48. The molecular formula is C11H17NO4S2. The highest BCUT2D eigenvalue weighted by Gasteiger charge is 2.06. The number of nitrogens with one attached hydrogen (secondary N) is 1. The normalized spacial score (nSPS) is 13.2. The van der Waals surface area contributed by atoms with Crippen molar-refractivity contribution in [3.8, 4) is 5.75 Å². The molecule has 0 saturated carbocycles. The van der Waals surface area contributed by atoms with Crippen LogP contribution in [0, 0.1) is 0 Å². The molecule has 1 aromatic carbocycles. The lowest BCUT2D eigenvalue weighted by molar-refractivity contribution is 0.218. The molecule has 0 aliphatic rings. The van der Waals surface area contributed by atoms with E-state index in [0.29, 0.717) is 29.6 Å². The van der Waals surface area contributed by atoms with Crippen molar-refractivity contribution < 1.29 is 17.7 Å². The molecule has 0 bridgehead atoms. The van der Waals surface area contributed by atoms with Crippen LogP contribution in [-0.2, 0) is 9.15 Å². The Hall–Kier alpha value is -0.760. The van der Waals surface area contributed by atoms with Gasteiger partial charge in [0.05, 0.1) is 0 Å². The topological polar surface area (TPSA) is 75.6 Å². The van der Waals surface area contributed by atoms with E-state index in [2.05, 4.69) is 5.32 Å². The van der Waals surface area contributed by atoms with Crippen LogP contribution in [0.15, 0.2) is 30.3 Å². The molecule has 1 rings (SSSR count). The number of hydrogen-bond donors (Lipinski definition) is 2. The molecule has 0 aromatic heterocycles. The van der Waals surface area contributed by atoms with Gasteiger partial charge in [-0.3, -0.25) is 4.55 Å². The quantitative estimate of drug-likeness (QED) is 0.430. The molecule has 5 nitrogen and oxygen atoms in total. The maximum absolute atomic E-state index is 10.4. The van der Waals surface area contributed by atoms with Crippen LogP contribution in [0.4, 0.5) is 0 Å². The Morgan fingerprint density at radius 2 is 2.06 bits per heavy atom. The van der Waals surface area contributed by atoms with Gasteiger partial charge in [0.1, 0.15) is 11.9 Å². The zero-order valence-corrected chi connectivity index (χ0v) is 11.7. The molecule has 2 N–H and O–H groups in total. The summed E-state index contributed by atoms with van der Waals surface area (Å²) in [7, 11) is -3.41. The highest BCUT2D eigenvalue weighted by Crippen LogP contribution is 2.10. The summed E-state index contributed by atoms with van der Waals surface area (Å²) >= 11 is 0. The fraction of sp³-hybridized carbons (Fsp3) is 0.455. The molecule has 1 aromatic rings. The average Bonchev–Trinajstić information content (AvgIpc) is 2.28. The van der Waals surface area contributed by atoms with Crippen molar-refractivity contribution in [2.24, 2.45) is 0 Å². The van der Waals surface area contributed by atoms with Crippen molar-refractivity contribution >= 4 is 19.9 Å². The summed E-state index contributed by atoms with van der Waals surface area (Å²) in [6.45, 7) is 3.03. The van der Waals surface area contributed by atoms with Crippen LogP contribution in [-0.4, -0.2) is 37.9 Å². The first-order chi connectivity index (χ1) is 8.47. The number of para-hydroxylation sites is 1. The molecular weight excluding hydrogens is 274 g/mol. The zero-order valence-electron chi connectivity index (χ0n) is 10.1. The fourth-order valence-electron chi connectivity index (χ4n) is 1.30. The van der Waals surface area contributed by atoms with Crippen LogP contribution in [0.5, 0.6) is 5.75 Å². The number of ether oxygens (including phenoxy) is 1. The molecule has 7 heteroatoms. The summed E-state index contributed by atoms with van der Waals surface area (Å²) in [5, 5.41) is 3.06. The number of benzene rings is 1. The summed E-state index contributed by atoms with van der Waals surface area (Å²) in [5.74, 6) is 1.11. The van der Waals surface area contributed by atoms with Crippen LogP contribution >= 0.6 is 10.8 Å². The first kappa shape index (κ1) is 15.3. The molecule has 1 unspecified atom stereocenters. The van der Waals surface area contributed by atoms with Crippen molar-refractivity contribution in [2.75, 3.05) is 18.8 Å². The summed E-state index contributed by atoms with van der Waals surface area (Å²) < 4.78 is 35.0. The Morgan fingerprint density at radius 3 is 2.67 bits per heavy atom. The average molecular weight is 291 g/mol. The van der Waals surface area contributed by atoms with Crippen molar-refractivity contribution in [3.63, 3.8) is 0 Å². The predicted molar refractivity (Wildman–Crippen MR) is 73.4 cm³/mol. The Morgan fingerprint density at radius 1 is 1.39 bits per heavy atom. The van der Waals surface area contributed by atoms with Gasteiger partial charge in [0.15, 0.2) is 0 Å². The molecule has 0 heterocycles. The highest BCUT2D eigenvalue weighted by molar-refractivity contribution is 8.69. The Bertz CT molecular complexity index is 436. The fourth-order valence-corrected chi connectivity index (χ4v) is 2.62. The second-order valence-electron chi connectivity index (χ2n) is 3.70. The van der Waals surface area contributed by atoms with Gasteiger partial charge in [-0.25, -0.2) is 0 Å². The maximum atomic E-state index is 10.4. The standard InChI is InChI=1S/C11H17NO4S2/c1-10(16-11-5-3-2-4-6-11)9-12-7-8-17-18(13,14)15/h2-6,10,12H,7-9H2,1H3,(H,13,14,15). The van der Waals surface area contributed by atoms with E-state index in [0.717, 1.165) is 5.75 Å². The van der Waals surface area contributed by atoms with Crippen molar-refractivity contribution in [3.05, 3.63) is 30.3 Å². The summed E-state index contributed by atoms with van der Waals surface area (Å²) in [5.41, 5.74) is 0. The largest absolute Gasteiger partial charge is 0.489 e. The van der Waals surface area contributed by atoms with Gasteiger partial charge >= 0.3 is 9.15 Å². The van der Waals surface area contributed by atoms with E-state index in [1.165, 1.54) is 0 Å². The second kappa shape index (κ2) is 7.63. The van der Waals surface area contributed by atoms with E-state index in [-0.39, 0.29) is 6.10 Å². The third kappa shape index (κ3) is 7.54. The van der Waals surface area contributed by atoms with Gasteiger partial charge < -0.3 is 10.1 Å². The van der Waals surface area contributed by atoms with Gasteiger partial charge in [0.2, 0.25) is 0 Å². The molecule has 1 atom stereocenters. The molecule has 0 fully saturated rings. The molecule has 0 spiro atoms. The van der Waals surface area contributed by atoms with Gasteiger partial charge in [-0.2, -0.15) is 8.42 Å². The summed E-state index contributed by atoms with van der Waals surface area (Å²) in [6.07, 6.45) is -0.0110.